The highest BCUT2D eigenvalue weighted by Crippen LogP contribution is 2.15. The molecule has 0 bridgehead atoms. The molecule has 0 aliphatic heterocycles. The average Bonchev–Trinajstić information content (AvgIpc) is 2.87. The molecule has 0 spiro atoms. The van der Waals surface area contributed by atoms with Gasteiger partial charge in [0.05, 0.1) is 17.5 Å². The van der Waals surface area contributed by atoms with Crippen molar-refractivity contribution in [3.05, 3.63) is 65.0 Å². The van der Waals surface area contributed by atoms with Crippen LogP contribution in [0.1, 0.15) is 22.5 Å². The van der Waals surface area contributed by atoms with Crippen molar-refractivity contribution < 1.29 is 4.79 Å². The molecule has 4 nitrogen and oxygen atoms in total. The number of fused-ring (bicyclic) bond motifs is 1. The van der Waals surface area contributed by atoms with Crippen LogP contribution in [0.5, 0.6) is 0 Å². The molecule has 0 aliphatic carbocycles. The standard InChI is InChI=1S/C20H23N3O/c1-14-8-9-17(12-15(14)2)13-20(24)21-10-11-23-16(3)22-18-6-4-5-7-19(18)23/h4-9,12H,10-11,13H2,1-3H3,(H,21,24). The Morgan fingerprint density at radius 1 is 1.08 bits per heavy atom. The number of hydrogen-bond donors (Lipinski definition) is 1. The quantitative estimate of drug-likeness (QED) is 0.783. The number of hydrogen-bond acceptors (Lipinski definition) is 2. The molecule has 0 fully saturated rings. The van der Waals surface area contributed by atoms with Crippen LogP contribution in [0.3, 0.4) is 0 Å². The second-order valence-corrected chi connectivity index (χ2v) is 6.24. The monoisotopic (exact) mass is 321 g/mol. The molecule has 3 aromatic rings. The molecule has 4 heteroatoms. The van der Waals surface area contributed by atoms with Crippen molar-refractivity contribution in [2.75, 3.05) is 6.54 Å². The summed E-state index contributed by atoms with van der Waals surface area (Å²) in [6.07, 6.45) is 0.421. The largest absolute Gasteiger partial charge is 0.354 e. The van der Waals surface area contributed by atoms with E-state index in [1.807, 2.05) is 31.2 Å². The van der Waals surface area contributed by atoms with Crippen LogP contribution in [-0.2, 0) is 17.8 Å². The minimum absolute atomic E-state index is 0.0559. The number of nitrogens with zero attached hydrogens (tertiary/aromatic N) is 2. The van der Waals surface area contributed by atoms with E-state index in [9.17, 15) is 4.79 Å². The van der Waals surface area contributed by atoms with Crippen LogP contribution >= 0.6 is 0 Å². The summed E-state index contributed by atoms with van der Waals surface area (Å²) in [5.41, 5.74) is 5.64. The summed E-state index contributed by atoms with van der Waals surface area (Å²) in [4.78, 5) is 16.7. The van der Waals surface area contributed by atoms with Gasteiger partial charge in [-0.15, -0.1) is 0 Å². The number of aromatic nitrogens is 2. The van der Waals surface area contributed by atoms with Crippen LogP contribution in [-0.4, -0.2) is 22.0 Å². The van der Waals surface area contributed by atoms with Crippen molar-refractivity contribution in [3.63, 3.8) is 0 Å². The number of benzene rings is 2. The third kappa shape index (κ3) is 3.48. The van der Waals surface area contributed by atoms with Gasteiger partial charge in [-0.05, 0) is 49.6 Å². The molecule has 1 aromatic heterocycles. The lowest BCUT2D eigenvalue weighted by Gasteiger charge is -2.09. The minimum Gasteiger partial charge on any atom is -0.354 e. The van der Waals surface area contributed by atoms with Crippen molar-refractivity contribution in [3.8, 4) is 0 Å². The van der Waals surface area contributed by atoms with E-state index >= 15 is 0 Å². The summed E-state index contributed by atoms with van der Waals surface area (Å²) in [5.74, 6) is 1.03. The van der Waals surface area contributed by atoms with E-state index in [0.717, 1.165) is 29.0 Å². The number of nitrogens with one attached hydrogen (secondary N) is 1. The Balaban J connectivity index is 1.58. The fraction of sp³-hybridized carbons (Fsp3) is 0.300. The van der Waals surface area contributed by atoms with Crippen LogP contribution < -0.4 is 5.32 Å². The van der Waals surface area contributed by atoms with Crippen LogP contribution in [0.15, 0.2) is 42.5 Å². The molecule has 0 unspecified atom stereocenters. The van der Waals surface area contributed by atoms with Crippen LogP contribution in [0.4, 0.5) is 0 Å². The van der Waals surface area contributed by atoms with E-state index in [4.69, 9.17) is 0 Å². The summed E-state index contributed by atoms with van der Waals surface area (Å²) in [6, 6.07) is 14.3. The van der Waals surface area contributed by atoms with Crippen molar-refractivity contribution in [1.29, 1.82) is 0 Å². The molecule has 24 heavy (non-hydrogen) atoms. The normalized spacial score (nSPS) is 11.0. The van der Waals surface area contributed by atoms with Crippen molar-refractivity contribution in [2.24, 2.45) is 0 Å². The van der Waals surface area contributed by atoms with Gasteiger partial charge < -0.3 is 9.88 Å². The Morgan fingerprint density at radius 3 is 2.67 bits per heavy atom. The molecule has 2 aromatic carbocycles. The molecule has 0 saturated carbocycles. The van der Waals surface area contributed by atoms with Crippen LogP contribution in [0, 0.1) is 20.8 Å². The zero-order valence-corrected chi connectivity index (χ0v) is 14.5. The molecule has 0 aliphatic rings. The summed E-state index contributed by atoms with van der Waals surface area (Å²) >= 11 is 0. The van der Waals surface area contributed by atoms with E-state index in [2.05, 4.69) is 46.9 Å². The van der Waals surface area contributed by atoms with Crippen LogP contribution in [0.25, 0.3) is 11.0 Å². The van der Waals surface area contributed by atoms with Gasteiger partial charge in [-0.1, -0.05) is 30.3 Å². The number of carbonyl (C=O) groups is 1. The third-order valence-corrected chi connectivity index (χ3v) is 4.44. The average molecular weight is 321 g/mol. The Morgan fingerprint density at radius 2 is 1.88 bits per heavy atom. The Labute approximate surface area is 142 Å². The second-order valence-electron chi connectivity index (χ2n) is 6.24. The maximum Gasteiger partial charge on any atom is 0.224 e. The van der Waals surface area contributed by atoms with Gasteiger partial charge in [-0.3, -0.25) is 4.79 Å². The smallest absolute Gasteiger partial charge is 0.224 e. The van der Waals surface area contributed by atoms with Crippen molar-refractivity contribution in [1.82, 2.24) is 14.9 Å². The Hall–Kier alpha value is -2.62. The van der Waals surface area contributed by atoms with Gasteiger partial charge >= 0.3 is 0 Å². The minimum atomic E-state index is 0.0559. The van der Waals surface area contributed by atoms with E-state index in [1.54, 1.807) is 0 Å². The predicted octanol–water partition coefficient (Wildman–Crippen LogP) is 3.32. The molecular weight excluding hydrogens is 298 g/mol. The molecule has 124 valence electrons. The zero-order chi connectivity index (χ0) is 17.1. The first kappa shape index (κ1) is 16.2. The number of rotatable bonds is 5. The molecule has 1 heterocycles. The van der Waals surface area contributed by atoms with Gasteiger partial charge in [0.15, 0.2) is 0 Å². The van der Waals surface area contributed by atoms with Crippen LogP contribution in [0.2, 0.25) is 0 Å². The molecule has 1 amide bonds. The first-order valence-corrected chi connectivity index (χ1v) is 8.29. The maximum atomic E-state index is 12.1. The SMILES string of the molecule is Cc1ccc(CC(=O)NCCn2c(C)nc3ccccc32)cc1C. The lowest BCUT2D eigenvalue weighted by atomic mass is 10.0. The number of carbonyl (C=O) groups excluding carboxylic acids is 1. The molecule has 0 saturated heterocycles. The maximum absolute atomic E-state index is 12.1. The van der Waals surface area contributed by atoms with E-state index in [0.29, 0.717) is 13.0 Å². The van der Waals surface area contributed by atoms with E-state index < -0.39 is 0 Å². The molecule has 0 radical (unpaired) electrons. The topological polar surface area (TPSA) is 46.9 Å². The van der Waals surface area contributed by atoms with Crippen molar-refractivity contribution in [2.45, 2.75) is 33.7 Å². The third-order valence-electron chi connectivity index (χ3n) is 4.44. The second kappa shape index (κ2) is 6.87. The predicted molar refractivity (Wildman–Crippen MR) is 97.1 cm³/mol. The molecule has 1 N–H and O–H groups in total. The molecular formula is C20H23N3O. The first-order valence-electron chi connectivity index (χ1n) is 8.29. The first-order chi connectivity index (χ1) is 11.5. The number of amides is 1. The number of aryl methyl sites for hydroxylation is 3. The van der Waals surface area contributed by atoms with E-state index in [1.165, 1.54) is 11.1 Å². The molecule has 0 atom stereocenters. The van der Waals surface area contributed by atoms with Gasteiger partial charge in [-0.2, -0.15) is 0 Å². The van der Waals surface area contributed by atoms with Gasteiger partial charge in [-0.25, -0.2) is 4.98 Å². The zero-order valence-electron chi connectivity index (χ0n) is 14.5. The Kier molecular flexibility index (Phi) is 4.65. The fourth-order valence-corrected chi connectivity index (χ4v) is 2.95. The fourth-order valence-electron chi connectivity index (χ4n) is 2.95. The van der Waals surface area contributed by atoms with Gasteiger partial charge in [0.25, 0.3) is 0 Å². The number of para-hydroxylation sites is 2. The van der Waals surface area contributed by atoms with Gasteiger partial charge in [0, 0.05) is 13.1 Å². The summed E-state index contributed by atoms with van der Waals surface area (Å²) < 4.78 is 2.14. The highest BCUT2D eigenvalue weighted by Gasteiger charge is 2.08. The van der Waals surface area contributed by atoms with Crippen molar-refractivity contribution >= 4 is 16.9 Å². The summed E-state index contributed by atoms with van der Waals surface area (Å²) in [6.45, 7) is 7.48. The summed E-state index contributed by atoms with van der Waals surface area (Å²) in [5, 5.41) is 3.01. The molecule has 3 rings (SSSR count). The summed E-state index contributed by atoms with van der Waals surface area (Å²) in [7, 11) is 0. The Bertz CT molecular complexity index is 880. The lowest BCUT2D eigenvalue weighted by Crippen LogP contribution is -2.28. The van der Waals surface area contributed by atoms with Gasteiger partial charge in [0.1, 0.15) is 5.82 Å². The van der Waals surface area contributed by atoms with E-state index in [-0.39, 0.29) is 5.91 Å². The number of imidazole rings is 1. The highest BCUT2D eigenvalue weighted by molar-refractivity contribution is 5.78. The van der Waals surface area contributed by atoms with Gasteiger partial charge in [0.2, 0.25) is 5.91 Å². The lowest BCUT2D eigenvalue weighted by molar-refractivity contribution is -0.120. The highest BCUT2D eigenvalue weighted by atomic mass is 16.1.